The van der Waals surface area contributed by atoms with Gasteiger partial charge in [0.15, 0.2) is 0 Å². The normalized spacial score (nSPS) is 8.53. The largest absolute Gasteiger partial charge is 0.345 e. The van der Waals surface area contributed by atoms with Crippen molar-refractivity contribution in [2.75, 3.05) is 5.32 Å². The third-order valence-electron chi connectivity index (χ3n) is 1.57. The molecule has 0 saturated heterocycles. The highest BCUT2D eigenvalue weighted by atomic mass is 35.5. The molecule has 0 saturated carbocycles. The van der Waals surface area contributed by atoms with Gasteiger partial charge in [0.05, 0.1) is 0 Å². The number of benzene rings is 1. The average molecular weight is 236 g/mol. The molecule has 0 spiro atoms. The molecule has 0 unspecified atom stereocenters. The SMILES string of the molecule is N#CC(=C=N)C(=S)Nc1ccc(Cl)cc1. The minimum absolute atomic E-state index is 0.0000463. The Balaban J connectivity index is 2.80. The summed E-state index contributed by atoms with van der Waals surface area (Å²) in [6.45, 7) is 0. The molecular weight excluding hydrogens is 230 g/mol. The number of nitrogens with zero attached hydrogens (tertiary/aromatic N) is 1. The van der Waals surface area contributed by atoms with E-state index in [0.717, 1.165) is 0 Å². The van der Waals surface area contributed by atoms with Gasteiger partial charge in [-0.25, -0.2) is 0 Å². The van der Waals surface area contributed by atoms with E-state index in [2.05, 4.69) is 5.32 Å². The van der Waals surface area contributed by atoms with E-state index in [1.54, 1.807) is 30.3 Å². The second-order valence-corrected chi connectivity index (χ2v) is 3.42. The van der Waals surface area contributed by atoms with E-state index in [9.17, 15) is 0 Å². The van der Waals surface area contributed by atoms with Crippen LogP contribution in [0.25, 0.3) is 0 Å². The molecule has 0 heterocycles. The number of thiocarbonyl (C=S) groups is 1. The van der Waals surface area contributed by atoms with Crippen molar-refractivity contribution < 1.29 is 0 Å². The molecule has 0 radical (unpaired) electrons. The first-order valence-electron chi connectivity index (χ1n) is 3.94. The molecule has 0 fully saturated rings. The van der Waals surface area contributed by atoms with Crippen molar-refractivity contribution in [3.05, 3.63) is 34.9 Å². The highest BCUT2D eigenvalue weighted by molar-refractivity contribution is 7.81. The molecule has 0 atom stereocenters. The van der Waals surface area contributed by atoms with Crippen LogP contribution in [0.1, 0.15) is 0 Å². The highest BCUT2D eigenvalue weighted by Gasteiger charge is 2.03. The summed E-state index contributed by atoms with van der Waals surface area (Å²) in [5.41, 5.74) is 0.715. The number of rotatable bonds is 2. The van der Waals surface area contributed by atoms with E-state index < -0.39 is 0 Å². The lowest BCUT2D eigenvalue weighted by Gasteiger charge is -2.04. The minimum atomic E-state index is -0.0000463. The van der Waals surface area contributed by atoms with Gasteiger partial charge in [0.25, 0.3) is 0 Å². The number of nitrogens with one attached hydrogen (secondary N) is 2. The minimum Gasteiger partial charge on any atom is -0.345 e. The molecule has 74 valence electrons. The van der Waals surface area contributed by atoms with E-state index in [1.165, 1.54) is 0 Å². The van der Waals surface area contributed by atoms with Crippen LogP contribution in [0.4, 0.5) is 5.69 Å². The number of hydrogen-bond donors (Lipinski definition) is 2. The van der Waals surface area contributed by atoms with Crippen LogP contribution in [0.5, 0.6) is 0 Å². The monoisotopic (exact) mass is 235 g/mol. The summed E-state index contributed by atoms with van der Waals surface area (Å²) in [5.74, 6) is 1.96. The van der Waals surface area contributed by atoms with Crippen LogP contribution >= 0.6 is 23.8 Å². The molecule has 0 aliphatic rings. The number of halogens is 1. The van der Waals surface area contributed by atoms with Crippen molar-refractivity contribution in [3.8, 4) is 6.07 Å². The van der Waals surface area contributed by atoms with Gasteiger partial charge in [0.2, 0.25) is 0 Å². The van der Waals surface area contributed by atoms with Crippen molar-refractivity contribution in [2.45, 2.75) is 0 Å². The van der Waals surface area contributed by atoms with Gasteiger partial charge < -0.3 is 5.32 Å². The third-order valence-corrected chi connectivity index (χ3v) is 2.12. The highest BCUT2D eigenvalue weighted by Crippen LogP contribution is 2.14. The van der Waals surface area contributed by atoms with E-state index >= 15 is 0 Å². The molecule has 1 rings (SSSR count). The Morgan fingerprint density at radius 1 is 1.40 bits per heavy atom. The molecule has 0 aliphatic heterocycles. The first-order valence-corrected chi connectivity index (χ1v) is 4.72. The number of anilines is 1. The zero-order valence-electron chi connectivity index (χ0n) is 7.54. The molecule has 0 bridgehead atoms. The van der Waals surface area contributed by atoms with E-state index in [0.29, 0.717) is 10.7 Å². The van der Waals surface area contributed by atoms with Crippen molar-refractivity contribution in [2.24, 2.45) is 0 Å². The second-order valence-electron chi connectivity index (χ2n) is 2.57. The van der Waals surface area contributed by atoms with Gasteiger partial charge in [0.1, 0.15) is 16.6 Å². The average Bonchev–Trinajstić information content (AvgIpc) is 2.23. The van der Waals surface area contributed by atoms with Crippen LogP contribution in [0.2, 0.25) is 5.02 Å². The zero-order chi connectivity index (χ0) is 11.3. The fraction of sp³-hybridized carbons (Fsp3) is 0. The molecule has 5 heteroatoms. The summed E-state index contributed by atoms with van der Waals surface area (Å²) in [4.78, 5) is 0.176. The van der Waals surface area contributed by atoms with Crippen LogP contribution in [0.15, 0.2) is 29.8 Å². The maximum atomic E-state index is 8.60. The molecule has 3 nitrogen and oxygen atoms in total. The fourth-order valence-electron chi connectivity index (χ4n) is 0.862. The maximum Gasteiger partial charge on any atom is 0.147 e. The van der Waals surface area contributed by atoms with E-state index in [-0.39, 0.29) is 10.6 Å². The maximum absolute atomic E-state index is 8.60. The molecule has 0 amide bonds. The van der Waals surface area contributed by atoms with Crippen LogP contribution in [0, 0.1) is 16.7 Å². The number of nitriles is 1. The Hall–Kier alpha value is -1.66. The Bertz CT molecular complexity index is 466. The van der Waals surface area contributed by atoms with Gasteiger partial charge in [0, 0.05) is 16.6 Å². The van der Waals surface area contributed by atoms with Gasteiger partial charge in [-0.2, -0.15) is 5.26 Å². The lowest BCUT2D eigenvalue weighted by Crippen LogP contribution is -2.11. The van der Waals surface area contributed by atoms with Crippen LogP contribution in [-0.2, 0) is 0 Å². The number of hydrogen-bond acceptors (Lipinski definition) is 3. The topological polar surface area (TPSA) is 59.7 Å². The Morgan fingerprint density at radius 2 is 2.00 bits per heavy atom. The van der Waals surface area contributed by atoms with E-state index in [1.807, 2.05) is 5.87 Å². The van der Waals surface area contributed by atoms with Crippen LogP contribution in [-0.4, -0.2) is 10.9 Å². The molecule has 0 aliphatic carbocycles. The Morgan fingerprint density at radius 3 is 2.47 bits per heavy atom. The summed E-state index contributed by atoms with van der Waals surface area (Å²) < 4.78 is 0. The summed E-state index contributed by atoms with van der Waals surface area (Å²) >= 11 is 10.6. The standard InChI is InChI=1S/C10H6ClN3S/c11-8-1-3-9(4-2-8)14-10(15)7(5-12)6-13/h1-4,12H,(H,14,15). The molecule has 0 aromatic heterocycles. The fourth-order valence-corrected chi connectivity index (χ4v) is 1.20. The molecule has 1 aromatic carbocycles. The van der Waals surface area contributed by atoms with Crippen molar-refractivity contribution in [1.29, 1.82) is 10.7 Å². The Kier molecular flexibility index (Phi) is 4.02. The second kappa shape index (κ2) is 5.28. The van der Waals surface area contributed by atoms with Gasteiger partial charge in [-0.05, 0) is 24.3 Å². The summed E-state index contributed by atoms with van der Waals surface area (Å²) in [6, 6.07) is 8.63. The summed E-state index contributed by atoms with van der Waals surface area (Å²) in [7, 11) is 0. The quantitative estimate of drug-likeness (QED) is 0.359. The molecular formula is C10H6ClN3S. The third kappa shape index (κ3) is 3.19. The van der Waals surface area contributed by atoms with Crippen molar-refractivity contribution >= 4 is 40.4 Å². The lowest BCUT2D eigenvalue weighted by atomic mass is 10.3. The summed E-state index contributed by atoms with van der Waals surface area (Å²) in [6.07, 6.45) is 0. The predicted molar refractivity (Wildman–Crippen MR) is 64.5 cm³/mol. The first-order chi connectivity index (χ1) is 7.17. The van der Waals surface area contributed by atoms with Gasteiger partial charge in [-0.3, -0.25) is 5.41 Å². The first kappa shape index (κ1) is 11.4. The van der Waals surface area contributed by atoms with Gasteiger partial charge in [-0.15, -0.1) is 0 Å². The summed E-state index contributed by atoms with van der Waals surface area (Å²) in [5, 5.41) is 18.9. The van der Waals surface area contributed by atoms with E-state index in [4.69, 9.17) is 34.5 Å². The molecule has 2 N–H and O–H groups in total. The van der Waals surface area contributed by atoms with Crippen LogP contribution < -0.4 is 5.32 Å². The lowest BCUT2D eigenvalue weighted by molar-refractivity contribution is 1.51. The van der Waals surface area contributed by atoms with Crippen molar-refractivity contribution in [3.63, 3.8) is 0 Å². The molecule has 15 heavy (non-hydrogen) atoms. The zero-order valence-corrected chi connectivity index (χ0v) is 9.12. The van der Waals surface area contributed by atoms with Gasteiger partial charge >= 0.3 is 0 Å². The van der Waals surface area contributed by atoms with Crippen molar-refractivity contribution in [1.82, 2.24) is 0 Å². The predicted octanol–water partition coefficient (Wildman–Crippen LogP) is 2.78. The van der Waals surface area contributed by atoms with Crippen LogP contribution in [0.3, 0.4) is 0 Å². The molecule has 1 aromatic rings. The van der Waals surface area contributed by atoms with Gasteiger partial charge in [-0.1, -0.05) is 23.8 Å². The smallest absolute Gasteiger partial charge is 0.147 e. The Labute approximate surface area is 97.5 Å².